The molecule has 0 aliphatic heterocycles. The third kappa shape index (κ3) is 3.68. The number of rotatable bonds is 6. The SMILES string of the molecule is Cc1nc(-c2c[nH]c(C(=O)NC(C)CCCO)c2)cs1. The normalized spacial score (nSPS) is 12.3. The fourth-order valence-electron chi connectivity index (χ4n) is 1.94. The maximum atomic E-state index is 12.0. The first-order valence-electron chi connectivity index (χ1n) is 6.63. The molecule has 0 bridgehead atoms. The largest absolute Gasteiger partial charge is 0.396 e. The quantitative estimate of drug-likeness (QED) is 0.765. The van der Waals surface area contributed by atoms with E-state index < -0.39 is 0 Å². The zero-order chi connectivity index (χ0) is 14.5. The minimum atomic E-state index is -0.131. The van der Waals surface area contributed by atoms with Crippen LogP contribution in [0.3, 0.4) is 0 Å². The first-order chi connectivity index (χ1) is 9.60. The van der Waals surface area contributed by atoms with Crippen LogP contribution in [0, 0.1) is 6.92 Å². The predicted molar refractivity (Wildman–Crippen MR) is 79.9 cm³/mol. The molecule has 1 amide bonds. The van der Waals surface area contributed by atoms with Gasteiger partial charge < -0.3 is 15.4 Å². The summed E-state index contributed by atoms with van der Waals surface area (Å²) in [6.07, 6.45) is 3.25. The number of carbonyl (C=O) groups is 1. The second-order valence-corrected chi connectivity index (χ2v) is 5.86. The van der Waals surface area contributed by atoms with E-state index in [9.17, 15) is 4.79 Å². The van der Waals surface area contributed by atoms with E-state index >= 15 is 0 Å². The average molecular weight is 293 g/mol. The van der Waals surface area contributed by atoms with Gasteiger partial charge in [0.05, 0.1) is 10.7 Å². The van der Waals surface area contributed by atoms with E-state index in [2.05, 4.69) is 15.3 Å². The fourth-order valence-corrected chi connectivity index (χ4v) is 2.56. The monoisotopic (exact) mass is 293 g/mol. The molecule has 0 saturated heterocycles. The number of nitrogens with zero attached hydrogens (tertiary/aromatic N) is 1. The maximum absolute atomic E-state index is 12.0. The van der Waals surface area contributed by atoms with Crippen molar-refractivity contribution in [3.05, 3.63) is 28.3 Å². The van der Waals surface area contributed by atoms with E-state index in [-0.39, 0.29) is 18.6 Å². The highest BCUT2D eigenvalue weighted by Gasteiger charge is 2.13. The van der Waals surface area contributed by atoms with E-state index in [4.69, 9.17) is 5.11 Å². The van der Waals surface area contributed by atoms with Gasteiger partial charge in [0.2, 0.25) is 0 Å². The summed E-state index contributed by atoms with van der Waals surface area (Å²) in [4.78, 5) is 19.4. The molecule has 108 valence electrons. The molecule has 20 heavy (non-hydrogen) atoms. The van der Waals surface area contributed by atoms with Crippen LogP contribution in [-0.2, 0) is 0 Å². The lowest BCUT2D eigenvalue weighted by Crippen LogP contribution is -2.32. The van der Waals surface area contributed by atoms with Crippen LogP contribution in [0.25, 0.3) is 11.3 Å². The molecule has 0 fully saturated rings. The lowest BCUT2D eigenvalue weighted by atomic mass is 10.2. The average Bonchev–Trinajstić information content (AvgIpc) is 3.04. The van der Waals surface area contributed by atoms with Gasteiger partial charge in [0.25, 0.3) is 5.91 Å². The Labute approximate surface area is 122 Å². The Bertz CT molecular complexity index is 576. The number of aromatic nitrogens is 2. The van der Waals surface area contributed by atoms with Gasteiger partial charge in [-0.1, -0.05) is 0 Å². The first-order valence-corrected chi connectivity index (χ1v) is 7.50. The maximum Gasteiger partial charge on any atom is 0.267 e. The van der Waals surface area contributed by atoms with E-state index in [1.807, 2.05) is 25.3 Å². The van der Waals surface area contributed by atoms with Gasteiger partial charge in [0.15, 0.2) is 0 Å². The van der Waals surface area contributed by atoms with Crippen LogP contribution in [0.15, 0.2) is 17.6 Å². The number of hydrogen-bond donors (Lipinski definition) is 3. The van der Waals surface area contributed by atoms with Crippen molar-refractivity contribution in [2.24, 2.45) is 0 Å². The molecule has 0 radical (unpaired) electrons. The van der Waals surface area contributed by atoms with E-state index in [1.165, 1.54) is 0 Å². The topological polar surface area (TPSA) is 78.0 Å². The molecular weight excluding hydrogens is 274 g/mol. The van der Waals surface area contributed by atoms with Crippen molar-refractivity contribution in [2.75, 3.05) is 6.61 Å². The minimum absolute atomic E-state index is 0.0444. The molecule has 1 atom stereocenters. The summed E-state index contributed by atoms with van der Waals surface area (Å²) in [5.41, 5.74) is 2.33. The first kappa shape index (κ1) is 14.7. The molecular formula is C14H19N3O2S. The lowest BCUT2D eigenvalue weighted by Gasteiger charge is -2.12. The highest BCUT2D eigenvalue weighted by atomic mass is 32.1. The Morgan fingerprint density at radius 2 is 2.40 bits per heavy atom. The number of aromatic amines is 1. The number of amides is 1. The molecule has 0 spiro atoms. The van der Waals surface area contributed by atoms with Crippen molar-refractivity contribution in [2.45, 2.75) is 32.7 Å². The summed E-state index contributed by atoms with van der Waals surface area (Å²) in [6.45, 7) is 4.04. The molecule has 0 aliphatic carbocycles. The van der Waals surface area contributed by atoms with E-state index in [1.54, 1.807) is 17.5 Å². The Hall–Kier alpha value is -1.66. The molecule has 0 aromatic carbocycles. The van der Waals surface area contributed by atoms with Crippen molar-refractivity contribution in [1.82, 2.24) is 15.3 Å². The lowest BCUT2D eigenvalue weighted by molar-refractivity contribution is 0.0932. The summed E-state index contributed by atoms with van der Waals surface area (Å²) in [5, 5.41) is 14.7. The van der Waals surface area contributed by atoms with Crippen molar-refractivity contribution >= 4 is 17.2 Å². The molecule has 2 aromatic rings. The number of nitrogens with one attached hydrogen (secondary N) is 2. The second-order valence-electron chi connectivity index (χ2n) is 4.79. The molecule has 2 heterocycles. The van der Waals surface area contributed by atoms with Crippen LogP contribution in [0.5, 0.6) is 0 Å². The van der Waals surface area contributed by atoms with Crippen LogP contribution in [-0.4, -0.2) is 33.6 Å². The van der Waals surface area contributed by atoms with Crippen LogP contribution in [0.2, 0.25) is 0 Å². The molecule has 5 nitrogen and oxygen atoms in total. The standard InChI is InChI=1S/C14H19N3O2S/c1-9(4-3-5-18)16-14(19)12-6-11(7-15-12)13-8-20-10(2)17-13/h6-9,15,18H,3-5H2,1-2H3,(H,16,19). The Morgan fingerprint density at radius 3 is 3.05 bits per heavy atom. The number of H-pyrrole nitrogens is 1. The van der Waals surface area contributed by atoms with Gasteiger partial charge in [-0.2, -0.15) is 0 Å². The van der Waals surface area contributed by atoms with Crippen LogP contribution < -0.4 is 5.32 Å². The summed E-state index contributed by atoms with van der Waals surface area (Å²) in [7, 11) is 0. The smallest absolute Gasteiger partial charge is 0.267 e. The zero-order valence-electron chi connectivity index (χ0n) is 11.6. The number of hydrogen-bond acceptors (Lipinski definition) is 4. The van der Waals surface area contributed by atoms with Gasteiger partial charge >= 0.3 is 0 Å². The molecule has 2 aromatic heterocycles. The van der Waals surface area contributed by atoms with Gasteiger partial charge in [-0.15, -0.1) is 11.3 Å². The molecule has 0 saturated carbocycles. The third-order valence-electron chi connectivity index (χ3n) is 3.02. The van der Waals surface area contributed by atoms with Crippen molar-refractivity contribution < 1.29 is 9.90 Å². The molecule has 3 N–H and O–H groups in total. The Kier molecular flexibility index (Phi) is 4.92. The zero-order valence-corrected chi connectivity index (χ0v) is 12.5. The third-order valence-corrected chi connectivity index (χ3v) is 3.79. The molecule has 2 rings (SSSR count). The van der Waals surface area contributed by atoms with Gasteiger partial charge in [-0.05, 0) is 32.8 Å². The summed E-state index contributed by atoms with van der Waals surface area (Å²) >= 11 is 1.59. The number of aryl methyl sites for hydroxylation is 1. The number of aliphatic hydroxyl groups excluding tert-OH is 1. The van der Waals surface area contributed by atoms with E-state index in [0.717, 1.165) is 22.7 Å². The van der Waals surface area contributed by atoms with Crippen molar-refractivity contribution in [1.29, 1.82) is 0 Å². The summed E-state index contributed by atoms with van der Waals surface area (Å²) < 4.78 is 0. The summed E-state index contributed by atoms with van der Waals surface area (Å²) in [5.74, 6) is -0.131. The Balaban J connectivity index is 1.99. The van der Waals surface area contributed by atoms with Gasteiger partial charge in [0.1, 0.15) is 5.69 Å². The molecule has 1 unspecified atom stereocenters. The van der Waals surface area contributed by atoms with Crippen LogP contribution in [0.1, 0.15) is 35.3 Å². The Morgan fingerprint density at radius 1 is 1.60 bits per heavy atom. The van der Waals surface area contributed by atoms with Gasteiger partial charge in [-0.3, -0.25) is 4.79 Å². The van der Waals surface area contributed by atoms with Crippen LogP contribution in [0.4, 0.5) is 0 Å². The van der Waals surface area contributed by atoms with Crippen LogP contribution >= 0.6 is 11.3 Å². The van der Waals surface area contributed by atoms with Gasteiger partial charge in [0, 0.05) is 29.8 Å². The highest BCUT2D eigenvalue weighted by Crippen LogP contribution is 2.22. The second kappa shape index (κ2) is 6.67. The minimum Gasteiger partial charge on any atom is -0.396 e. The number of thiazole rings is 1. The molecule has 6 heteroatoms. The predicted octanol–water partition coefficient (Wildman–Crippen LogP) is 2.34. The molecule has 0 aliphatic rings. The van der Waals surface area contributed by atoms with Crippen molar-refractivity contribution in [3.8, 4) is 11.3 Å². The van der Waals surface area contributed by atoms with Gasteiger partial charge in [-0.25, -0.2) is 4.98 Å². The van der Waals surface area contributed by atoms with Crippen molar-refractivity contribution in [3.63, 3.8) is 0 Å². The van der Waals surface area contributed by atoms with E-state index in [0.29, 0.717) is 12.1 Å². The summed E-state index contributed by atoms with van der Waals surface area (Å²) in [6, 6.07) is 1.85. The fraction of sp³-hybridized carbons (Fsp3) is 0.429. The number of aliphatic hydroxyl groups is 1. The highest BCUT2D eigenvalue weighted by molar-refractivity contribution is 7.09. The number of carbonyl (C=O) groups excluding carboxylic acids is 1.